The summed E-state index contributed by atoms with van der Waals surface area (Å²) in [5, 5.41) is 0. The van der Waals surface area contributed by atoms with Crippen molar-refractivity contribution < 1.29 is 9.59 Å². The predicted octanol–water partition coefficient (Wildman–Crippen LogP) is 2.43. The molecule has 0 radical (unpaired) electrons. The number of fused-ring (bicyclic) bond motifs is 1. The van der Waals surface area contributed by atoms with E-state index in [1.54, 1.807) is 6.33 Å². The van der Waals surface area contributed by atoms with Crippen LogP contribution in [0.4, 0.5) is 0 Å². The van der Waals surface area contributed by atoms with E-state index in [1.807, 2.05) is 28.0 Å². The Morgan fingerprint density at radius 2 is 1.96 bits per heavy atom. The highest BCUT2D eigenvalue weighted by Crippen LogP contribution is 2.15. The summed E-state index contributed by atoms with van der Waals surface area (Å²) in [5.74, 6) is 0.236. The van der Waals surface area contributed by atoms with Crippen molar-refractivity contribution in [2.75, 3.05) is 26.2 Å². The number of amides is 2. The van der Waals surface area contributed by atoms with Gasteiger partial charge in [0.05, 0.1) is 17.4 Å². The van der Waals surface area contributed by atoms with E-state index in [9.17, 15) is 9.59 Å². The van der Waals surface area contributed by atoms with Gasteiger partial charge in [0.2, 0.25) is 5.91 Å². The van der Waals surface area contributed by atoms with E-state index in [2.05, 4.69) is 16.9 Å². The molecule has 24 heavy (non-hydrogen) atoms. The van der Waals surface area contributed by atoms with Crippen LogP contribution in [0.2, 0.25) is 0 Å². The molecule has 2 heterocycles. The molecule has 1 fully saturated rings. The van der Waals surface area contributed by atoms with Crippen LogP contribution >= 0.6 is 0 Å². The largest absolute Gasteiger partial charge is 0.345 e. The average Bonchev–Trinajstić information content (AvgIpc) is 2.93. The number of nitrogens with one attached hydrogen (secondary N) is 1. The number of H-pyrrole nitrogens is 1. The molecule has 0 bridgehead atoms. The van der Waals surface area contributed by atoms with Gasteiger partial charge in [-0.1, -0.05) is 13.3 Å². The number of aromatic nitrogens is 2. The van der Waals surface area contributed by atoms with Gasteiger partial charge < -0.3 is 14.8 Å². The minimum absolute atomic E-state index is 0.0226. The van der Waals surface area contributed by atoms with E-state index in [0.29, 0.717) is 31.6 Å². The highest BCUT2D eigenvalue weighted by molar-refractivity contribution is 5.97. The first-order valence-corrected chi connectivity index (χ1v) is 8.69. The first-order valence-electron chi connectivity index (χ1n) is 8.69. The van der Waals surface area contributed by atoms with Gasteiger partial charge in [0, 0.05) is 38.2 Å². The van der Waals surface area contributed by atoms with Gasteiger partial charge in [-0.05, 0) is 31.0 Å². The molecule has 3 rings (SSSR count). The Morgan fingerprint density at radius 3 is 2.79 bits per heavy atom. The van der Waals surface area contributed by atoms with Crippen molar-refractivity contribution >= 4 is 22.8 Å². The monoisotopic (exact) mass is 328 g/mol. The lowest BCUT2D eigenvalue weighted by Crippen LogP contribution is -2.37. The first-order chi connectivity index (χ1) is 11.7. The Hall–Kier alpha value is -2.37. The van der Waals surface area contributed by atoms with Crippen LogP contribution in [0.3, 0.4) is 0 Å². The minimum atomic E-state index is 0.0226. The number of carbonyl (C=O) groups excluding carboxylic acids is 2. The van der Waals surface area contributed by atoms with Crippen molar-refractivity contribution in [1.29, 1.82) is 0 Å². The molecule has 0 atom stereocenters. The zero-order valence-corrected chi connectivity index (χ0v) is 14.1. The second kappa shape index (κ2) is 7.47. The molecule has 0 saturated carbocycles. The molecule has 1 saturated heterocycles. The van der Waals surface area contributed by atoms with Crippen LogP contribution in [-0.4, -0.2) is 57.8 Å². The number of hydrogen-bond acceptors (Lipinski definition) is 3. The summed E-state index contributed by atoms with van der Waals surface area (Å²) in [5.41, 5.74) is 2.39. The van der Waals surface area contributed by atoms with Crippen LogP contribution in [0.15, 0.2) is 24.5 Å². The Balaban J connectivity index is 1.64. The van der Waals surface area contributed by atoms with Gasteiger partial charge in [-0.15, -0.1) is 0 Å². The third-order valence-electron chi connectivity index (χ3n) is 4.55. The molecule has 1 aromatic heterocycles. The molecular formula is C18H24N4O2. The molecule has 0 unspecified atom stereocenters. The van der Waals surface area contributed by atoms with Crippen molar-refractivity contribution in [3.05, 3.63) is 30.1 Å². The number of unbranched alkanes of at least 4 members (excludes halogenated alkanes) is 1. The van der Waals surface area contributed by atoms with Gasteiger partial charge in [-0.3, -0.25) is 9.59 Å². The summed E-state index contributed by atoms with van der Waals surface area (Å²) in [7, 11) is 0. The molecule has 2 amide bonds. The van der Waals surface area contributed by atoms with Gasteiger partial charge in [0.25, 0.3) is 5.91 Å². The summed E-state index contributed by atoms with van der Waals surface area (Å²) in [6.07, 6.45) is 5.03. The summed E-state index contributed by atoms with van der Waals surface area (Å²) >= 11 is 0. The van der Waals surface area contributed by atoms with Crippen molar-refractivity contribution in [3.63, 3.8) is 0 Å². The van der Waals surface area contributed by atoms with Crippen molar-refractivity contribution in [2.24, 2.45) is 0 Å². The van der Waals surface area contributed by atoms with E-state index < -0.39 is 0 Å². The fourth-order valence-electron chi connectivity index (χ4n) is 3.11. The van der Waals surface area contributed by atoms with E-state index in [4.69, 9.17) is 0 Å². The molecule has 0 spiro atoms. The first kappa shape index (κ1) is 16.5. The fraction of sp³-hybridized carbons (Fsp3) is 0.500. The van der Waals surface area contributed by atoms with Gasteiger partial charge in [-0.2, -0.15) is 0 Å². The van der Waals surface area contributed by atoms with Crippen LogP contribution in [0.5, 0.6) is 0 Å². The molecule has 1 aliphatic rings. The smallest absolute Gasteiger partial charge is 0.253 e. The average molecular weight is 328 g/mol. The topological polar surface area (TPSA) is 69.3 Å². The lowest BCUT2D eigenvalue weighted by Gasteiger charge is -2.22. The Kier molecular flexibility index (Phi) is 5.13. The van der Waals surface area contributed by atoms with Crippen LogP contribution in [0, 0.1) is 0 Å². The number of carbonyl (C=O) groups is 2. The summed E-state index contributed by atoms with van der Waals surface area (Å²) in [6, 6.07) is 5.53. The van der Waals surface area contributed by atoms with Crippen LogP contribution < -0.4 is 0 Å². The Labute approximate surface area is 141 Å². The van der Waals surface area contributed by atoms with E-state index >= 15 is 0 Å². The highest BCUT2D eigenvalue weighted by Gasteiger charge is 2.22. The molecule has 0 aliphatic carbocycles. The summed E-state index contributed by atoms with van der Waals surface area (Å²) < 4.78 is 0. The molecule has 6 nitrogen and oxygen atoms in total. The number of benzene rings is 1. The molecule has 1 aliphatic heterocycles. The van der Waals surface area contributed by atoms with E-state index in [0.717, 1.165) is 36.8 Å². The standard InChI is InChI=1S/C18H24N4O2/c1-2-3-5-17(23)21-8-4-9-22(11-10-21)18(24)14-6-7-15-16(12-14)20-13-19-15/h6-7,12-13H,2-5,8-11H2,1H3,(H,19,20). The van der Waals surface area contributed by atoms with E-state index in [1.165, 1.54) is 0 Å². The molecule has 2 aromatic rings. The maximum Gasteiger partial charge on any atom is 0.253 e. The third kappa shape index (κ3) is 3.58. The molecule has 128 valence electrons. The predicted molar refractivity (Wildman–Crippen MR) is 92.7 cm³/mol. The zero-order chi connectivity index (χ0) is 16.9. The number of hydrogen-bond donors (Lipinski definition) is 1. The quantitative estimate of drug-likeness (QED) is 0.937. The third-order valence-corrected chi connectivity index (χ3v) is 4.55. The molecule has 1 aromatic carbocycles. The molecule has 1 N–H and O–H groups in total. The minimum Gasteiger partial charge on any atom is -0.345 e. The maximum atomic E-state index is 12.8. The Morgan fingerprint density at radius 1 is 1.17 bits per heavy atom. The van der Waals surface area contributed by atoms with Crippen molar-refractivity contribution in [2.45, 2.75) is 32.6 Å². The number of rotatable bonds is 4. The van der Waals surface area contributed by atoms with Gasteiger partial charge in [-0.25, -0.2) is 4.98 Å². The van der Waals surface area contributed by atoms with Gasteiger partial charge in [0.15, 0.2) is 0 Å². The van der Waals surface area contributed by atoms with Gasteiger partial charge >= 0.3 is 0 Å². The van der Waals surface area contributed by atoms with Gasteiger partial charge in [0.1, 0.15) is 0 Å². The highest BCUT2D eigenvalue weighted by atomic mass is 16.2. The lowest BCUT2D eigenvalue weighted by atomic mass is 10.1. The number of aromatic amines is 1. The maximum absolute atomic E-state index is 12.8. The number of nitrogens with zero attached hydrogens (tertiary/aromatic N) is 3. The Bertz CT molecular complexity index is 725. The molecule has 6 heteroatoms. The normalized spacial score (nSPS) is 15.5. The van der Waals surface area contributed by atoms with Crippen LogP contribution in [0.1, 0.15) is 43.0 Å². The fourth-order valence-corrected chi connectivity index (χ4v) is 3.11. The summed E-state index contributed by atoms with van der Waals surface area (Å²) in [4.78, 5) is 35.9. The SMILES string of the molecule is CCCCC(=O)N1CCCN(C(=O)c2ccc3nc[nH]c3c2)CC1. The summed E-state index contributed by atoms with van der Waals surface area (Å²) in [6.45, 7) is 4.74. The number of imidazole rings is 1. The van der Waals surface area contributed by atoms with E-state index in [-0.39, 0.29) is 11.8 Å². The van der Waals surface area contributed by atoms with Crippen molar-refractivity contribution in [1.82, 2.24) is 19.8 Å². The van der Waals surface area contributed by atoms with Crippen LogP contribution in [0.25, 0.3) is 11.0 Å². The molecular weight excluding hydrogens is 304 g/mol. The second-order valence-electron chi connectivity index (χ2n) is 6.26. The zero-order valence-electron chi connectivity index (χ0n) is 14.1. The van der Waals surface area contributed by atoms with Crippen molar-refractivity contribution in [3.8, 4) is 0 Å². The second-order valence-corrected chi connectivity index (χ2v) is 6.26. The lowest BCUT2D eigenvalue weighted by molar-refractivity contribution is -0.131. The van der Waals surface area contributed by atoms with Crippen LogP contribution in [-0.2, 0) is 4.79 Å².